The predicted octanol–water partition coefficient (Wildman–Crippen LogP) is 3.23. The monoisotopic (exact) mass is 549 g/mol. The summed E-state index contributed by atoms with van der Waals surface area (Å²) in [6.07, 6.45) is 0.782. The van der Waals surface area contributed by atoms with E-state index in [0.717, 1.165) is 29.7 Å². The largest absolute Gasteiger partial charge is 0.444 e. The van der Waals surface area contributed by atoms with Crippen molar-refractivity contribution in [1.29, 1.82) is 0 Å². The topological polar surface area (TPSA) is 103 Å². The molecule has 210 valence electrons. The van der Waals surface area contributed by atoms with Gasteiger partial charge >= 0.3 is 12.1 Å². The van der Waals surface area contributed by atoms with E-state index in [0.29, 0.717) is 45.9 Å². The fraction of sp³-hybridized carbons (Fsp3) is 0.667. The van der Waals surface area contributed by atoms with Crippen LogP contribution in [0, 0.1) is 0 Å². The van der Waals surface area contributed by atoms with Gasteiger partial charge in [-0.3, -0.25) is 4.79 Å². The van der Waals surface area contributed by atoms with Crippen LogP contribution < -0.4 is 15.5 Å². The summed E-state index contributed by atoms with van der Waals surface area (Å²) < 4.78 is 11.3. The second-order valence-corrected chi connectivity index (χ2v) is 11.6. The number of anilines is 1. The zero-order valence-corrected chi connectivity index (χ0v) is 23.6. The van der Waals surface area contributed by atoms with Crippen molar-refractivity contribution < 1.29 is 23.9 Å². The van der Waals surface area contributed by atoms with Gasteiger partial charge in [0.05, 0.1) is 18.5 Å². The molecule has 3 aliphatic rings. The van der Waals surface area contributed by atoms with Gasteiger partial charge in [0, 0.05) is 51.0 Å². The van der Waals surface area contributed by atoms with Crippen molar-refractivity contribution in [3.63, 3.8) is 0 Å². The van der Waals surface area contributed by atoms with Crippen LogP contribution in [0.25, 0.3) is 0 Å². The fourth-order valence-electron chi connectivity index (χ4n) is 4.80. The van der Waals surface area contributed by atoms with E-state index < -0.39 is 17.8 Å². The summed E-state index contributed by atoms with van der Waals surface area (Å²) in [6.45, 7) is 11.1. The van der Waals surface area contributed by atoms with Crippen LogP contribution >= 0.6 is 11.6 Å². The maximum atomic E-state index is 13.6. The van der Waals surface area contributed by atoms with Crippen molar-refractivity contribution >= 4 is 35.3 Å². The Labute approximate surface area is 229 Å². The molecule has 0 spiro atoms. The molecule has 4 rings (SSSR count). The van der Waals surface area contributed by atoms with Gasteiger partial charge < -0.3 is 34.8 Å². The van der Waals surface area contributed by atoms with E-state index in [1.807, 2.05) is 44.7 Å². The summed E-state index contributed by atoms with van der Waals surface area (Å²) in [5.74, 6) is -0.0977. The van der Waals surface area contributed by atoms with E-state index >= 15 is 0 Å². The van der Waals surface area contributed by atoms with Crippen molar-refractivity contribution in [3.05, 3.63) is 29.3 Å². The van der Waals surface area contributed by atoms with E-state index in [1.54, 1.807) is 4.90 Å². The molecule has 1 saturated carbocycles. The molecule has 11 heteroatoms. The van der Waals surface area contributed by atoms with E-state index in [1.165, 1.54) is 0 Å². The zero-order chi connectivity index (χ0) is 27.4. The van der Waals surface area contributed by atoms with E-state index in [2.05, 4.69) is 21.6 Å². The number of benzene rings is 1. The number of nitrogens with one attached hydrogen (secondary N) is 2. The van der Waals surface area contributed by atoms with Gasteiger partial charge in [-0.2, -0.15) is 0 Å². The molecule has 1 saturated heterocycles. The molecule has 1 aromatic carbocycles. The smallest absolute Gasteiger partial charge is 0.410 e. The van der Waals surface area contributed by atoms with Crippen LogP contribution in [0.3, 0.4) is 0 Å². The lowest BCUT2D eigenvalue weighted by Crippen LogP contribution is -2.53. The number of morpholine rings is 1. The number of hydrogen-bond donors (Lipinski definition) is 2. The highest BCUT2D eigenvalue weighted by molar-refractivity contribution is 6.22. The Balaban J connectivity index is 1.41. The number of fused-ring (bicyclic) bond motifs is 1. The number of carbonyl (C=O) groups is 3. The zero-order valence-electron chi connectivity index (χ0n) is 22.8. The Morgan fingerprint density at radius 1 is 1.18 bits per heavy atom. The molecule has 4 amide bonds. The lowest BCUT2D eigenvalue weighted by Gasteiger charge is -2.36. The summed E-state index contributed by atoms with van der Waals surface area (Å²) in [4.78, 5) is 43.5. The van der Waals surface area contributed by atoms with E-state index in [4.69, 9.17) is 21.1 Å². The first-order valence-electron chi connectivity index (χ1n) is 13.5. The van der Waals surface area contributed by atoms with Crippen LogP contribution in [-0.2, 0) is 20.8 Å². The number of urea groups is 1. The SMILES string of the molecule is CCNC(=O)NCCN1CC(Cl)c2ccc(CN(C(=O)C3CN(C(=O)OC(C)(C)C)CCO3)C3CC3)cc21. The predicted molar refractivity (Wildman–Crippen MR) is 145 cm³/mol. The lowest BCUT2D eigenvalue weighted by atomic mass is 10.1. The van der Waals surface area contributed by atoms with Gasteiger partial charge in [-0.05, 0) is 57.7 Å². The maximum Gasteiger partial charge on any atom is 0.410 e. The Hall–Kier alpha value is -2.72. The molecule has 2 fully saturated rings. The number of ether oxygens (including phenoxy) is 2. The summed E-state index contributed by atoms with van der Waals surface area (Å²) in [5, 5.41) is 5.47. The van der Waals surface area contributed by atoms with Crippen LogP contribution in [0.15, 0.2) is 18.2 Å². The number of hydrogen-bond acceptors (Lipinski definition) is 6. The maximum absolute atomic E-state index is 13.6. The van der Waals surface area contributed by atoms with Crippen molar-refractivity contribution in [3.8, 4) is 0 Å². The van der Waals surface area contributed by atoms with Crippen molar-refractivity contribution in [2.24, 2.45) is 0 Å². The number of carbonyl (C=O) groups excluding carboxylic acids is 3. The summed E-state index contributed by atoms with van der Waals surface area (Å²) in [5.41, 5.74) is 2.50. The molecule has 1 aliphatic carbocycles. The molecular formula is C27H40ClN5O5. The van der Waals surface area contributed by atoms with Gasteiger partial charge in [0.1, 0.15) is 5.60 Å². The normalized spacial score (nSPS) is 21.1. The van der Waals surface area contributed by atoms with Gasteiger partial charge in [-0.1, -0.05) is 12.1 Å². The highest BCUT2D eigenvalue weighted by Crippen LogP contribution is 2.39. The Morgan fingerprint density at radius 2 is 1.95 bits per heavy atom. The first-order valence-corrected chi connectivity index (χ1v) is 13.9. The first kappa shape index (κ1) is 28.3. The summed E-state index contributed by atoms with van der Waals surface area (Å²) >= 11 is 6.61. The van der Waals surface area contributed by atoms with Crippen LogP contribution in [0.4, 0.5) is 15.3 Å². The standard InChI is InChI=1S/C27H40ClN5O5/c1-5-29-25(35)30-10-11-31-16-21(28)20-9-6-18(14-22(20)31)15-33(19-7-8-19)24(34)23-17-32(12-13-37-23)26(36)38-27(2,3)4/h6,9,14,19,21,23H,5,7-8,10-13,15-17H2,1-4H3,(H2,29,30,35). The Bertz CT molecular complexity index is 1030. The lowest BCUT2D eigenvalue weighted by molar-refractivity contribution is -0.150. The highest BCUT2D eigenvalue weighted by atomic mass is 35.5. The average Bonchev–Trinajstić information content (AvgIpc) is 3.66. The van der Waals surface area contributed by atoms with Crippen LogP contribution in [0.5, 0.6) is 0 Å². The Morgan fingerprint density at radius 3 is 2.63 bits per heavy atom. The van der Waals surface area contributed by atoms with Crippen molar-refractivity contribution in [2.45, 2.75) is 70.2 Å². The number of amides is 4. The third-order valence-corrected chi connectivity index (χ3v) is 7.15. The van der Waals surface area contributed by atoms with Gasteiger partial charge in [-0.25, -0.2) is 9.59 Å². The van der Waals surface area contributed by atoms with Gasteiger partial charge in [0.15, 0.2) is 6.10 Å². The molecule has 2 heterocycles. The molecule has 0 aromatic heterocycles. The van der Waals surface area contributed by atoms with Crippen LogP contribution in [0.2, 0.25) is 0 Å². The Kier molecular flexibility index (Phi) is 8.92. The minimum Gasteiger partial charge on any atom is -0.444 e. The minimum absolute atomic E-state index is 0.0977. The first-order chi connectivity index (χ1) is 18.1. The molecule has 10 nitrogen and oxygen atoms in total. The molecule has 2 aliphatic heterocycles. The number of rotatable bonds is 8. The number of halogens is 1. The average molecular weight is 550 g/mol. The molecule has 2 unspecified atom stereocenters. The molecule has 2 N–H and O–H groups in total. The second-order valence-electron chi connectivity index (χ2n) is 11.1. The molecule has 38 heavy (non-hydrogen) atoms. The summed E-state index contributed by atoms with van der Waals surface area (Å²) in [6, 6.07) is 6.16. The number of nitrogens with zero attached hydrogens (tertiary/aromatic N) is 3. The molecular weight excluding hydrogens is 510 g/mol. The highest BCUT2D eigenvalue weighted by Gasteiger charge is 2.39. The van der Waals surface area contributed by atoms with E-state index in [-0.39, 0.29) is 29.9 Å². The third kappa shape index (κ3) is 7.22. The molecule has 0 bridgehead atoms. The molecule has 2 atom stereocenters. The minimum atomic E-state index is -0.713. The third-order valence-electron chi connectivity index (χ3n) is 6.78. The van der Waals surface area contributed by atoms with Gasteiger partial charge in [-0.15, -0.1) is 11.6 Å². The van der Waals surface area contributed by atoms with Crippen LogP contribution in [-0.4, -0.2) is 91.5 Å². The van der Waals surface area contributed by atoms with Crippen molar-refractivity contribution in [1.82, 2.24) is 20.4 Å². The van der Waals surface area contributed by atoms with Crippen LogP contribution in [0.1, 0.15) is 57.0 Å². The van der Waals surface area contributed by atoms with Gasteiger partial charge in [0.25, 0.3) is 5.91 Å². The second kappa shape index (κ2) is 12.0. The van der Waals surface area contributed by atoms with Crippen molar-refractivity contribution in [2.75, 3.05) is 50.8 Å². The fourth-order valence-corrected chi connectivity index (χ4v) is 5.15. The van der Waals surface area contributed by atoms with E-state index in [9.17, 15) is 14.4 Å². The molecule has 1 aromatic rings. The van der Waals surface area contributed by atoms with Gasteiger partial charge in [0.2, 0.25) is 0 Å². The quantitative estimate of drug-likeness (QED) is 0.483. The molecule has 0 radical (unpaired) electrons. The summed E-state index contributed by atoms with van der Waals surface area (Å²) in [7, 11) is 0. The number of alkyl halides is 1.